The zero-order valence-corrected chi connectivity index (χ0v) is 10.2. The molecule has 0 aliphatic carbocycles. The topological polar surface area (TPSA) is 62.5 Å². The van der Waals surface area contributed by atoms with Crippen LogP contribution < -0.4 is 5.32 Å². The molecular weight excluding hydrogens is 262 g/mol. The summed E-state index contributed by atoms with van der Waals surface area (Å²) in [6, 6.07) is 1.52. The van der Waals surface area contributed by atoms with Gasteiger partial charge in [0.25, 0.3) is 5.91 Å². The largest absolute Gasteiger partial charge is 0.457 e. The molecule has 1 aromatic heterocycles. The van der Waals surface area contributed by atoms with Crippen molar-refractivity contribution in [3.63, 3.8) is 0 Å². The smallest absolute Gasteiger partial charge is 0.255 e. The van der Waals surface area contributed by atoms with Crippen LogP contribution in [-0.4, -0.2) is 23.2 Å². The molecule has 5 heteroatoms. The molecule has 0 saturated heterocycles. The molecule has 1 heterocycles. The SMILES string of the molecule is CC(O)CC(C)NC(=O)c1ccoc1Br. The van der Waals surface area contributed by atoms with Gasteiger partial charge in [0.2, 0.25) is 0 Å². The summed E-state index contributed by atoms with van der Waals surface area (Å²) < 4.78 is 5.38. The quantitative estimate of drug-likeness (QED) is 0.883. The van der Waals surface area contributed by atoms with Crippen LogP contribution in [0.5, 0.6) is 0 Å². The molecule has 0 aromatic carbocycles. The zero-order valence-electron chi connectivity index (χ0n) is 8.66. The van der Waals surface area contributed by atoms with Crippen LogP contribution in [0, 0.1) is 0 Å². The molecule has 2 N–H and O–H groups in total. The summed E-state index contributed by atoms with van der Waals surface area (Å²) >= 11 is 3.13. The Morgan fingerprint density at radius 1 is 1.67 bits per heavy atom. The molecule has 1 rings (SSSR count). The fourth-order valence-corrected chi connectivity index (χ4v) is 1.75. The van der Waals surface area contributed by atoms with Crippen molar-refractivity contribution in [1.29, 1.82) is 0 Å². The van der Waals surface area contributed by atoms with E-state index in [1.54, 1.807) is 13.0 Å². The molecule has 1 amide bonds. The summed E-state index contributed by atoms with van der Waals surface area (Å²) in [4.78, 5) is 11.6. The first-order valence-electron chi connectivity index (χ1n) is 4.72. The first-order valence-corrected chi connectivity index (χ1v) is 5.52. The lowest BCUT2D eigenvalue weighted by Gasteiger charge is -2.14. The van der Waals surface area contributed by atoms with Crippen LogP contribution in [0.1, 0.15) is 30.6 Å². The number of aliphatic hydroxyl groups excluding tert-OH is 1. The van der Waals surface area contributed by atoms with E-state index in [4.69, 9.17) is 9.52 Å². The predicted octanol–water partition coefficient (Wildman–Crippen LogP) is 1.93. The highest BCUT2D eigenvalue weighted by atomic mass is 79.9. The lowest BCUT2D eigenvalue weighted by molar-refractivity contribution is 0.0921. The number of carbonyl (C=O) groups is 1. The van der Waals surface area contributed by atoms with Gasteiger partial charge in [-0.2, -0.15) is 0 Å². The molecule has 2 atom stereocenters. The summed E-state index contributed by atoms with van der Waals surface area (Å²) in [5.74, 6) is -0.205. The number of nitrogens with one attached hydrogen (secondary N) is 1. The summed E-state index contributed by atoms with van der Waals surface area (Å²) in [7, 11) is 0. The van der Waals surface area contributed by atoms with Crippen LogP contribution in [0.25, 0.3) is 0 Å². The molecule has 1 aromatic rings. The number of halogens is 1. The van der Waals surface area contributed by atoms with E-state index in [1.165, 1.54) is 6.26 Å². The second kappa shape index (κ2) is 5.32. The van der Waals surface area contributed by atoms with E-state index in [0.717, 1.165) is 0 Å². The van der Waals surface area contributed by atoms with Crippen LogP contribution in [0.4, 0.5) is 0 Å². The van der Waals surface area contributed by atoms with Crippen molar-refractivity contribution < 1.29 is 14.3 Å². The Morgan fingerprint density at radius 2 is 2.33 bits per heavy atom. The van der Waals surface area contributed by atoms with E-state index in [0.29, 0.717) is 16.7 Å². The number of hydrogen-bond donors (Lipinski definition) is 2. The van der Waals surface area contributed by atoms with Gasteiger partial charge in [-0.15, -0.1) is 0 Å². The van der Waals surface area contributed by atoms with Gasteiger partial charge in [0.15, 0.2) is 4.67 Å². The van der Waals surface area contributed by atoms with E-state index in [2.05, 4.69) is 21.2 Å². The third kappa shape index (κ3) is 3.68. The van der Waals surface area contributed by atoms with Crippen LogP contribution in [0.15, 0.2) is 21.4 Å². The van der Waals surface area contributed by atoms with Crippen LogP contribution >= 0.6 is 15.9 Å². The molecule has 0 fully saturated rings. The minimum Gasteiger partial charge on any atom is -0.457 e. The van der Waals surface area contributed by atoms with Gasteiger partial charge in [0.1, 0.15) is 0 Å². The second-order valence-electron chi connectivity index (χ2n) is 3.57. The van der Waals surface area contributed by atoms with E-state index in [-0.39, 0.29) is 11.9 Å². The van der Waals surface area contributed by atoms with Gasteiger partial charge < -0.3 is 14.8 Å². The second-order valence-corrected chi connectivity index (χ2v) is 4.29. The van der Waals surface area contributed by atoms with Crippen molar-refractivity contribution in [3.05, 3.63) is 22.6 Å². The van der Waals surface area contributed by atoms with Crippen molar-refractivity contribution in [1.82, 2.24) is 5.32 Å². The van der Waals surface area contributed by atoms with Crippen molar-refractivity contribution in [3.8, 4) is 0 Å². The first-order chi connectivity index (χ1) is 7.00. The van der Waals surface area contributed by atoms with Crippen LogP contribution in [0.3, 0.4) is 0 Å². The van der Waals surface area contributed by atoms with Gasteiger partial charge in [-0.25, -0.2) is 0 Å². The minimum absolute atomic E-state index is 0.0701. The molecule has 0 aliphatic rings. The van der Waals surface area contributed by atoms with Gasteiger partial charge in [-0.3, -0.25) is 4.79 Å². The van der Waals surface area contributed by atoms with Crippen LogP contribution in [0.2, 0.25) is 0 Å². The third-order valence-electron chi connectivity index (χ3n) is 1.93. The highest BCUT2D eigenvalue weighted by Crippen LogP contribution is 2.17. The Kier molecular flexibility index (Phi) is 4.35. The molecule has 2 unspecified atom stereocenters. The Balaban J connectivity index is 2.53. The lowest BCUT2D eigenvalue weighted by Crippen LogP contribution is -2.34. The van der Waals surface area contributed by atoms with Gasteiger partial charge in [-0.1, -0.05) is 0 Å². The Labute approximate surface area is 96.8 Å². The maximum absolute atomic E-state index is 11.6. The Bertz CT molecular complexity index is 335. The standard InChI is InChI=1S/C10H14BrNO3/c1-6(5-7(2)13)12-10(14)8-3-4-15-9(8)11/h3-4,6-7,13H,5H2,1-2H3,(H,12,14). The number of amides is 1. The van der Waals surface area contributed by atoms with E-state index in [1.807, 2.05) is 6.92 Å². The molecule has 0 aliphatic heterocycles. The van der Waals surface area contributed by atoms with Gasteiger partial charge in [0.05, 0.1) is 17.9 Å². The number of carbonyl (C=O) groups excluding carboxylic acids is 1. The monoisotopic (exact) mass is 275 g/mol. The van der Waals surface area contributed by atoms with Gasteiger partial charge in [-0.05, 0) is 42.3 Å². The number of rotatable bonds is 4. The van der Waals surface area contributed by atoms with E-state index < -0.39 is 6.10 Å². The van der Waals surface area contributed by atoms with Gasteiger partial charge >= 0.3 is 0 Å². The summed E-state index contributed by atoms with van der Waals surface area (Å²) in [5.41, 5.74) is 0.465. The predicted molar refractivity (Wildman–Crippen MR) is 59.6 cm³/mol. The van der Waals surface area contributed by atoms with Crippen molar-refractivity contribution in [2.24, 2.45) is 0 Å². The molecule has 15 heavy (non-hydrogen) atoms. The third-order valence-corrected chi connectivity index (χ3v) is 2.55. The zero-order chi connectivity index (χ0) is 11.4. The number of furan rings is 1. The maximum atomic E-state index is 11.6. The number of aliphatic hydroxyl groups is 1. The molecular formula is C10H14BrNO3. The van der Waals surface area contributed by atoms with E-state index >= 15 is 0 Å². The Hall–Kier alpha value is -0.810. The normalized spacial score (nSPS) is 14.7. The lowest BCUT2D eigenvalue weighted by atomic mass is 10.1. The average molecular weight is 276 g/mol. The van der Waals surface area contributed by atoms with Crippen LogP contribution in [-0.2, 0) is 0 Å². The molecule has 4 nitrogen and oxygen atoms in total. The highest BCUT2D eigenvalue weighted by Gasteiger charge is 2.15. The highest BCUT2D eigenvalue weighted by molar-refractivity contribution is 9.10. The van der Waals surface area contributed by atoms with Gasteiger partial charge in [0, 0.05) is 6.04 Å². The minimum atomic E-state index is -0.423. The molecule has 0 spiro atoms. The number of hydrogen-bond acceptors (Lipinski definition) is 3. The molecule has 0 saturated carbocycles. The average Bonchev–Trinajstić information content (AvgIpc) is 2.49. The summed E-state index contributed by atoms with van der Waals surface area (Å²) in [6.07, 6.45) is 1.55. The summed E-state index contributed by atoms with van der Waals surface area (Å²) in [6.45, 7) is 3.54. The molecule has 0 bridgehead atoms. The molecule has 84 valence electrons. The van der Waals surface area contributed by atoms with Crippen molar-refractivity contribution >= 4 is 21.8 Å². The maximum Gasteiger partial charge on any atom is 0.255 e. The fourth-order valence-electron chi connectivity index (χ4n) is 1.33. The van der Waals surface area contributed by atoms with Crippen molar-refractivity contribution in [2.75, 3.05) is 0 Å². The first kappa shape index (κ1) is 12.3. The Morgan fingerprint density at radius 3 is 2.80 bits per heavy atom. The molecule has 0 radical (unpaired) electrons. The van der Waals surface area contributed by atoms with E-state index in [9.17, 15) is 4.79 Å². The summed E-state index contributed by atoms with van der Waals surface area (Å²) in [5, 5.41) is 11.9. The van der Waals surface area contributed by atoms with Crippen molar-refractivity contribution in [2.45, 2.75) is 32.4 Å². The fraction of sp³-hybridized carbons (Fsp3) is 0.500.